The molecule has 0 spiro atoms. The summed E-state index contributed by atoms with van der Waals surface area (Å²) in [6.07, 6.45) is 4.95. The molecule has 2 unspecified atom stereocenters. The van der Waals surface area contributed by atoms with Crippen molar-refractivity contribution in [2.24, 2.45) is 5.41 Å². The van der Waals surface area contributed by atoms with Gasteiger partial charge in [-0.05, 0) is 108 Å². The maximum Gasteiger partial charge on any atom is 0.311 e. The first kappa shape index (κ1) is 23.6. The van der Waals surface area contributed by atoms with E-state index in [1.165, 1.54) is 38.2 Å². The Morgan fingerprint density at radius 2 is 1.57 bits per heavy atom. The van der Waals surface area contributed by atoms with E-state index in [2.05, 4.69) is 79.7 Å². The van der Waals surface area contributed by atoms with Gasteiger partial charge in [0.25, 0.3) is 0 Å². The van der Waals surface area contributed by atoms with Gasteiger partial charge in [0.15, 0.2) is 0 Å². The number of hydrogen-bond donors (Lipinski definition) is 0. The number of esters is 1. The fourth-order valence-electron chi connectivity index (χ4n) is 5.73. The van der Waals surface area contributed by atoms with Gasteiger partial charge < -0.3 is 4.74 Å². The SMILES string of the molecule is CCC(CC(C)(C)C(=O)OCCCC1Cc2cc3cc4ccccc4cc3cc21)c1ccccc1. The summed E-state index contributed by atoms with van der Waals surface area (Å²) in [7, 11) is 0. The lowest BCUT2D eigenvalue weighted by Crippen LogP contribution is -2.29. The van der Waals surface area contributed by atoms with E-state index in [1.54, 1.807) is 0 Å². The maximum absolute atomic E-state index is 12.9. The second kappa shape index (κ2) is 9.85. The van der Waals surface area contributed by atoms with Crippen LogP contribution in [0.25, 0.3) is 21.5 Å². The van der Waals surface area contributed by atoms with Gasteiger partial charge in [0.1, 0.15) is 0 Å². The van der Waals surface area contributed by atoms with Crippen LogP contribution in [0.1, 0.15) is 75.0 Å². The Bertz CT molecular complexity index is 1340. The standard InChI is InChI=1S/C33H36O2/c1-4-23(24-11-6-5-7-12-24)22-33(2,3)32(34)35-16-10-15-27-19-30-20-28-17-25-13-8-9-14-26(25)18-29(28)21-31(27)30/h5-9,11-14,17-18,20-21,23,27H,4,10,15-16,19,22H2,1-3H3. The van der Waals surface area contributed by atoms with Crippen molar-refractivity contribution in [3.8, 4) is 0 Å². The van der Waals surface area contributed by atoms with E-state index in [4.69, 9.17) is 4.74 Å². The van der Waals surface area contributed by atoms with Gasteiger partial charge >= 0.3 is 5.97 Å². The molecular formula is C33H36O2. The van der Waals surface area contributed by atoms with Crippen molar-refractivity contribution >= 4 is 27.5 Å². The van der Waals surface area contributed by atoms with Crippen LogP contribution in [0.4, 0.5) is 0 Å². The molecule has 0 N–H and O–H groups in total. The lowest BCUT2D eigenvalue weighted by molar-refractivity contribution is -0.154. The summed E-state index contributed by atoms with van der Waals surface area (Å²) in [4.78, 5) is 12.9. The van der Waals surface area contributed by atoms with Crippen molar-refractivity contribution in [3.05, 3.63) is 95.6 Å². The van der Waals surface area contributed by atoms with Gasteiger partial charge in [0.05, 0.1) is 12.0 Å². The number of rotatable bonds is 9. The molecule has 180 valence electrons. The minimum atomic E-state index is -0.485. The van der Waals surface area contributed by atoms with Crippen LogP contribution in [0, 0.1) is 5.41 Å². The summed E-state index contributed by atoms with van der Waals surface area (Å²) in [6.45, 7) is 6.76. The highest BCUT2D eigenvalue weighted by atomic mass is 16.5. The zero-order valence-electron chi connectivity index (χ0n) is 21.2. The van der Waals surface area contributed by atoms with E-state index in [0.717, 1.165) is 32.1 Å². The van der Waals surface area contributed by atoms with Crippen molar-refractivity contribution in [3.63, 3.8) is 0 Å². The molecule has 0 amide bonds. The Morgan fingerprint density at radius 1 is 0.914 bits per heavy atom. The molecule has 0 aliphatic heterocycles. The summed E-state index contributed by atoms with van der Waals surface area (Å²) in [5.41, 5.74) is 3.77. The van der Waals surface area contributed by atoms with Crippen LogP contribution < -0.4 is 0 Å². The molecule has 4 aromatic rings. The van der Waals surface area contributed by atoms with Crippen molar-refractivity contribution in [2.45, 2.75) is 64.7 Å². The molecule has 2 atom stereocenters. The fraction of sp³-hybridized carbons (Fsp3) is 0.364. The summed E-state index contributed by atoms with van der Waals surface area (Å²) in [5.74, 6) is 0.881. The first-order chi connectivity index (χ1) is 16.9. The van der Waals surface area contributed by atoms with Gasteiger partial charge in [0.2, 0.25) is 0 Å². The van der Waals surface area contributed by atoms with E-state index in [1.807, 2.05) is 19.9 Å². The monoisotopic (exact) mass is 464 g/mol. The number of carbonyl (C=O) groups is 1. The minimum absolute atomic E-state index is 0.0706. The van der Waals surface area contributed by atoms with E-state index in [9.17, 15) is 4.79 Å². The number of hydrogen-bond acceptors (Lipinski definition) is 2. The molecule has 1 aliphatic rings. The predicted octanol–water partition coefficient (Wildman–Crippen LogP) is 8.57. The van der Waals surface area contributed by atoms with Crippen LogP contribution in [0.3, 0.4) is 0 Å². The van der Waals surface area contributed by atoms with Crippen LogP contribution in [-0.2, 0) is 16.0 Å². The van der Waals surface area contributed by atoms with Gasteiger partial charge in [-0.2, -0.15) is 0 Å². The molecule has 2 heteroatoms. The van der Waals surface area contributed by atoms with E-state index in [0.29, 0.717) is 18.4 Å². The highest BCUT2D eigenvalue weighted by molar-refractivity contribution is 5.99. The molecule has 0 heterocycles. The summed E-state index contributed by atoms with van der Waals surface area (Å²) in [6, 6.07) is 28.5. The van der Waals surface area contributed by atoms with Crippen molar-refractivity contribution < 1.29 is 9.53 Å². The summed E-state index contributed by atoms with van der Waals surface area (Å²) < 4.78 is 5.77. The Balaban J connectivity index is 1.15. The number of ether oxygens (including phenoxy) is 1. The molecule has 1 aliphatic carbocycles. The van der Waals surface area contributed by atoms with E-state index >= 15 is 0 Å². The predicted molar refractivity (Wildman–Crippen MR) is 146 cm³/mol. The first-order valence-corrected chi connectivity index (χ1v) is 13.1. The Hall–Kier alpha value is -3.13. The zero-order valence-corrected chi connectivity index (χ0v) is 21.2. The smallest absolute Gasteiger partial charge is 0.311 e. The normalized spacial score (nSPS) is 16.0. The van der Waals surface area contributed by atoms with Crippen LogP contribution >= 0.6 is 0 Å². The maximum atomic E-state index is 12.9. The fourth-order valence-corrected chi connectivity index (χ4v) is 5.73. The van der Waals surface area contributed by atoms with Gasteiger partial charge in [0, 0.05) is 0 Å². The van der Waals surface area contributed by atoms with E-state index < -0.39 is 5.41 Å². The quantitative estimate of drug-likeness (QED) is 0.141. The molecule has 35 heavy (non-hydrogen) atoms. The average molecular weight is 465 g/mol. The van der Waals surface area contributed by atoms with Crippen LogP contribution in [0.5, 0.6) is 0 Å². The van der Waals surface area contributed by atoms with Crippen molar-refractivity contribution in [1.82, 2.24) is 0 Å². The third-order valence-corrected chi connectivity index (χ3v) is 7.87. The van der Waals surface area contributed by atoms with Gasteiger partial charge in [-0.25, -0.2) is 0 Å². The molecule has 0 aromatic heterocycles. The molecule has 4 aromatic carbocycles. The van der Waals surface area contributed by atoms with Gasteiger partial charge in [-0.1, -0.05) is 73.7 Å². The van der Waals surface area contributed by atoms with Crippen molar-refractivity contribution in [1.29, 1.82) is 0 Å². The first-order valence-electron chi connectivity index (χ1n) is 13.1. The second-order valence-corrected chi connectivity index (χ2v) is 10.9. The highest BCUT2D eigenvalue weighted by Gasteiger charge is 2.33. The molecule has 0 bridgehead atoms. The zero-order chi connectivity index (χ0) is 24.4. The molecule has 0 saturated heterocycles. The Morgan fingerprint density at radius 3 is 2.26 bits per heavy atom. The number of benzene rings is 4. The number of fused-ring (bicyclic) bond motifs is 3. The van der Waals surface area contributed by atoms with Crippen LogP contribution in [0.2, 0.25) is 0 Å². The van der Waals surface area contributed by atoms with Crippen LogP contribution in [-0.4, -0.2) is 12.6 Å². The van der Waals surface area contributed by atoms with Crippen molar-refractivity contribution in [2.75, 3.05) is 6.61 Å². The lowest BCUT2D eigenvalue weighted by atomic mass is 9.74. The molecule has 0 saturated carbocycles. The highest BCUT2D eigenvalue weighted by Crippen LogP contribution is 2.41. The molecule has 5 rings (SSSR count). The van der Waals surface area contributed by atoms with Gasteiger partial charge in [-0.3, -0.25) is 4.79 Å². The summed E-state index contributed by atoms with van der Waals surface area (Å²) >= 11 is 0. The average Bonchev–Trinajstić information content (AvgIpc) is 2.86. The number of carbonyl (C=O) groups excluding carboxylic acids is 1. The molecule has 0 radical (unpaired) electrons. The van der Waals surface area contributed by atoms with Crippen LogP contribution in [0.15, 0.2) is 78.9 Å². The summed E-state index contributed by atoms with van der Waals surface area (Å²) in [5, 5.41) is 5.25. The third-order valence-electron chi connectivity index (χ3n) is 7.87. The lowest BCUT2D eigenvalue weighted by Gasteiger charge is -2.31. The second-order valence-electron chi connectivity index (χ2n) is 10.9. The van der Waals surface area contributed by atoms with Gasteiger partial charge in [-0.15, -0.1) is 0 Å². The molecule has 0 fully saturated rings. The minimum Gasteiger partial charge on any atom is -0.465 e. The Kier molecular flexibility index (Phi) is 6.65. The largest absolute Gasteiger partial charge is 0.465 e. The van der Waals surface area contributed by atoms with E-state index in [-0.39, 0.29) is 5.97 Å². The third kappa shape index (κ3) is 4.98. The molecular weight excluding hydrogens is 428 g/mol. The Labute approximate surface area is 209 Å². The topological polar surface area (TPSA) is 26.3 Å². The molecule has 2 nitrogen and oxygen atoms in total.